The summed E-state index contributed by atoms with van der Waals surface area (Å²) in [7, 11) is 0. The Morgan fingerprint density at radius 3 is 2.52 bits per heavy atom. The third-order valence-corrected chi connectivity index (χ3v) is 4.29. The highest BCUT2D eigenvalue weighted by atomic mass is 19.2. The van der Waals surface area contributed by atoms with Gasteiger partial charge < -0.3 is 20.1 Å². The molecule has 1 aliphatic heterocycles. The molecule has 8 heteroatoms. The zero-order valence-electron chi connectivity index (χ0n) is 14.8. The Labute approximate surface area is 154 Å². The summed E-state index contributed by atoms with van der Waals surface area (Å²) >= 11 is 0. The molecule has 142 valence electrons. The average Bonchev–Trinajstić information content (AvgIpc) is 3.08. The van der Waals surface area contributed by atoms with Crippen LogP contribution in [0.5, 0.6) is 11.5 Å². The second-order valence-electron chi connectivity index (χ2n) is 6.26. The van der Waals surface area contributed by atoms with Gasteiger partial charge in [-0.3, -0.25) is 9.59 Å². The number of halogens is 2. The molecule has 0 saturated carbocycles. The molecule has 0 aliphatic carbocycles. The Morgan fingerprint density at radius 2 is 1.85 bits per heavy atom. The van der Waals surface area contributed by atoms with Gasteiger partial charge >= 0.3 is 0 Å². The van der Waals surface area contributed by atoms with Crippen LogP contribution in [0.1, 0.15) is 35.8 Å². The molecular formula is C19H19F2N2O4+. The Morgan fingerprint density at radius 1 is 1.15 bits per heavy atom. The van der Waals surface area contributed by atoms with Gasteiger partial charge in [0.25, 0.3) is 5.91 Å². The van der Waals surface area contributed by atoms with Crippen molar-refractivity contribution in [1.82, 2.24) is 0 Å². The van der Waals surface area contributed by atoms with Crippen molar-refractivity contribution < 1.29 is 33.2 Å². The molecule has 1 heterocycles. The molecule has 6 nitrogen and oxygen atoms in total. The Kier molecular flexibility index (Phi) is 5.36. The molecule has 0 aromatic heterocycles. The topological polar surface area (TPSA) is 81.2 Å². The van der Waals surface area contributed by atoms with Crippen LogP contribution in [0.25, 0.3) is 0 Å². The molecule has 3 N–H and O–H groups in total. The van der Waals surface area contributed by atoms with Gasteiger partial charge in [-0.05, 0) is 38.1 Å². The normalized spacial score (nSPS) is 13.3. The monoisotopic (exact) mass is 377 g/mol. The summed E-state index contributed by atoms with van der Waals surface area (Å²) in [4.78, 5) is 24.1. The van der Waals surface area contributed by atoms with Crippen molar-refractivity contribution in [2.75, 3.05) is 18.7 Å². The summed E-state index contributed by atoms with van der Waals surface area (Å²) in [6.07, 6.45) is 0. The lowest BCUT2D eigenvalue weighted by Gasteiger charge is -2.13. The van der Waals surface area contributed by atoms with E-state index in [0.29, 0.717) is 28.3 Å². The first-order valence-electron chi connectivity index (χ1n) is 8.38. The SMILES string of the molecule is CC(=O)c1cc2c(cc1NC(=O)C[NH2+][C@@H](C)c1ccc(F)c(F)c1)OCO2. The number of fused-ring (bicyclic) bond motifs is 1. The fourth-order valence-corrected chi connectivity index (χ4v) is 2.75. The van der Waals surface area contributed by atoms with Crippen LogP contribution in [0.2, 0.25) is 0 Å². The number of hydrogen-bond acceptors (Lipinski definition) is 4. The minimum atomic E-state index is -0.927. The van der Waals surface area contributed by atoms with Crippen LogP contribution in [0.3, 0.4) is 0 Å². The molecule has 0 unspecified atom stereocenters. The number of ketones is 1. The number of anilines is 1. The lowest BCUT2D eigenvalue weighted by molar-refractivity contribution is -0.682. The van der Waals surface area contributed by atoms with Crippen molar-refractivity contribution in [2.45, 2.75) is 19.9 Å². The van der Waals surface area contributed by atoms with Crippen molar-refractivity contribution in [3.63, 3.8) is 0 Å². The summed E-state index contributed by atoms with van der Waals surface area (Å²) < 4.78 is 36.9. The Balaban J connectivity index is 1.65. The maximum atomic E-state index is 13.3. The van der Waals surface area contributed by atoms with E-state index in [2.05, 4.69) is 5.32 Å². The maximum absolute atomic E-state index is 13.3. The third kappa shape index (κ3) is 4.22. The van der Waals surface area contributed by atoms with Gasteiger partial charge in [0.2, 0.25) is 6.79 Å². The highest BCUT2D eigenvalue weighted by Crippen LogP contribution is 2.37. The first kappa shape index (κ1) is 18.8. The smallest absolute Gasteiger partial charge is 0.279 e. The highest BCUT2D eigenvalue weighted by Gasteiger charge is 2.21. The number of nitrogens with two attached hydrogens (primary N) is 1. The van der Waals surface area contributed by atoms with Gasteiger partial charge in [0.1, 0.15) is 6.04 Å². The molecular weight excluding hydrogens is 358 g/mol. The minimum absolute atomic E-state index is 0.0337. The Bertz CT molecular complexity index is 902. The van der Waals surface area contributed by atoms with Crippen LogP contribution in [0.4, 0.5) is 14.5 Å². The highest BCUT2D eigenvalue weighted by molar-refractivity contribution is 6.04. The standard InChI is InChI=1S/C19H18F2N2O4/c1-10(12-3-4-14(20)15(21)5-12)22-8-19(25)23-16-7-18-17(26-9-27-18)6-13(16)11(2)24/h3-7,10,22H,8-9H2,1-2H3,(H,23,25)/p+1/t10-/m0/s1. The first-order chi connectivity index (χ1) is 12.8. The van der Waals surface area contributed by atoms with Gasteiger partial charge in [0.15, 0.2) is 35.5 Å². The zero-order chi connectivity index (χ0) is 19.6. The van der Waals surface area contributed by atoms with E-state index in [-0.39, 0.29) is 31.1 Å². The predicted molar refractivity (Wildman–Crippen MR) is 92.8 cm³/mol. The summed E-state index contributed by atoms with van der Waals surface area (Å²) in [6.45, 7) is 3.27. The van der Waals surface area contributed by atoms with Gasteiger partial charge in [-0.15, -0.1) is 0 Å². The van der Waals surface area contributed by atoms with E-state index in [1.165, 1.54) is 19.1 Å². The van der Waals surface area contributed by atoms with Crippen molar-refractivity contribution in [3.8, 4) is 11.5 Å². The molecule has 1 atom stereocenters. The largest absolute Gasteiger partial charge is 0.454 e. The van der Waals surface area contributed by atoms with Crippen molar-refractivity contribution >= 4 is 17.4 Å². The van der Waals surface area contributed by atoms with E-state index < -0.39 is 11.6 Å². The fraction of sp³-hybridized carbons (Fsp3) is 0.263. The first-order valence-corrected chi connectivity index (χ1v) is 8.38. The number of Topliss-reactive ketones (excluding diaryl/α,β-unsaturated/α-hetero) is 1. The molecule has 2 aromatic carbocycles. The van der Waals surface area contributed by atoms with Crippen LogP contribution >= 0.6 is 0 Å². The number of benzene rings is 2. The van der Waals surface area contributed by atoms with Gasteiger partial charge in [0.05, 0.1) is 5.69 Å². The number of carbonyl (C=O) groups excluding carboxylic acids is 2. The summed E-state index contributed by atoms with van der Waals surface area (Å²) in [6, 6.07) is 6.48. The second-order valence-corrected chi connectivity index (χ2v) is 6.26. The summed E-state index contributed by atoms with van der Waals surface area (Å²) in [5.74, 6) is -1.49. The molecule has 1 aliphatic rings. The van der Waals surface area contributed by atoms with Gasteiger partial charge in [0, 0.05) is 17.2 Å². The number of amides is 1. The van der Waals surface area contributed by atoms with E-state index in [1.807, 2.05) is 0 Å². The lowest BCUT2D eigenvalue weighted by Crippen LogP contribution is -2.86. The van der Waals surface area contributed by atoms with Crippen molar-refractivity contribution in [2.24, 2.45) is 0 Å². The molecule has 27 heavy (non-hydrogen) atoms. The van der Waals surface area contributed by atoms with Crippen molar-refractivity contribution in [3.05, 3.63) is 53.1 Å². The van der Waals surface area contributed by atoms with E-state index in [0.717, 1.165) is 12.1 Å². The van der Waals surface area contributed by atoms with Crippen molar-refractivity contribution in [1.29, 1.82) is 0 Å². The van der Waals surface area contributed by atoms with Gasteiger partial charge in [-0.1, -0.05) is 0 Å². The Hall–Kier alpha value is -3.00. The van der Waals surface area contributed by atoms with E-state index >= 15 is 0 Å². The molecule has 2 aromatic rings. The van der Waals surface area contributed by atoms with Gasteiger partial charge in [-0.25, -0.2) is 8.78 Å². The molecule has 1 amide bonds. The van der Waals surface area contributed by atoms with E-state index in [4.69, 9.17) is 9.47 Å². The predicted octanol–water partition coefficient (Wildman–Crippen LogP) is 2.16. The fourth-order valence-electron chi connectivity index (χ4n) is 2.75. The summed E-state index contributed by atoms with van der Waals surface area (Å²) in [5.41, 5.74) is 1.22. The number of hydrogen-bond donors (Lipinski definition) is 2. The zero-order valence-corrected chi connectivity index (χ0v) is 14.8. The molecule has 0 saturated heterocycles. The lowest BCUT2D eigenvalue weighted by atomic mass is 10.1. The van der Waals surface area contributed by atoms with Crippen LogP contribution in [-0.4, -0.2) is 25.0 Å². The van der Waals surface area contributed by atoms with Crippen LogP contribution in [0, 0.1) is 11.6 Å². The number of nitrogens with one attached hydrogen (secondary N) is 1. The summed E-state index contributed by atoms with van der Waals surface area (Å²) in [5, 5.41) is 4.37. The maximum Gasteiger partial charge on any atom is 0.279 e. The van der Waals surface area contributed by atoms with Crippen LogP contribution in [0.15, 0.2) is 30.3 Å². The average molecular weight is 377 g/mol. The minimum Gasteiger partial charge on any atom is -0.454 e. The van der Waals surface area contributed by atoms with Crippen LogP contribution < -0.4 is 20.1 Å². The third-order valence-electron chi connectivity index (χ3n) is 4.29. The molecule has 0 spiro atoms. The van der Waals surface area contributed by atoms with E-state index in [9.17, 15) is 18.4 Å². The number of ether oxygens (including phenoxy) is 2. The molecule has 0 bridgehead atoms. The van der Waals surface area contributed by atoms with Crippen LogP contribution in [-0.2, 0) is 4.79 Å². The molecule has 3 rings (SSSR count). The molecule has 0 radical (unpaired) electrons. The second kappa shape index (κ2) is 7.71. The number of quaternary nitrogens is 1. The molecule has 0 fully saturated rings. The quantitative estimate of drug-likeness (QED) is 0.756. The van der Waals surface area contributed by atoms with Gasteiger partial charge in [-0.2, -0.15) is 0 Å². The number of carbonyl (C=O) groups is 2. The van der Waals surface area contributed by atoms with E-state index in [1.54, 1.807) is 18.3 Å². The number of rotatable bonds is 6.